The van der Waals surface area contributed by atoms with Crippen molar-refractivity contribution in [2.75, 3.05) is 6.61 Å². The molecule has 1 aromatic rings. The van der Waals surface area contributed by atoms with Gasteiger partial charge in [0.1, 0.15) is 10.6 Å². The zero-order valence-corrected chi connectivity index (χ0v) is 12.5. The summed E-state index contributed by atoms with van der Waals surface area (Å²) < 4.78 is 33.0. The molecule has 0 bridgehead atoms. The highest BCUT2D eigenvalue weighted by molar-refractivity contribution is 7.89. The second kappa shape index (κ2) is 6.21. The molecule has 108 valence electrons. The van der Waals surface area contributed by atoms with Crippen LogP contribution in [0.4, 0.5) is 0 Å². The van der Waals surface area contributed by atoms with E-state index in [-0.39, 0.29) is 23.2 Å². The number of carbonyl (C=O) groups is 1. The number of hydrogen-bond acceptors (Lipinski definition) is 4. The fourth-order valence-electron chi connectivity index (χ4n) is 1.51. The Morgan fingerprint density at radius 1 is 1.47 bits per heavy atom. The molecule has 0 aliphatic rings. The molecular formula is C12H20N2O4S. The van der Waals surface area contributed by atoms with Crippen LogP contribution >= 0.6 is 0 Å². The van der Waals surface area contributed by atoms with Crippen LogP contribution < -0.4 is 4.72 Å². The highest BCUT2D eigenvalue weighted by Crippen LogP contribution is 2.15. The quantitative estimate of drug-likeness (QED) is 0.800. The number of aromatic nitrogens is 1. The van der Waals surface area contributed by atoms with E-state index >= 15 is 0 Å². The Morgan fingerprint density at radius 3 is 2.63 bits per heavy atom. The molecule has 0 unspecified atom stereocenters. The van der Waals surface area contributed by atoms with Gasteiger partial charge in [0.25, 0.3) is 0 Å². The van der Waals surface area contributed by atoms with Crippen LogP contribution in [0.2, 0.25) is 0 Å². The third kappa shape index (κ3) is 3.81. The van der Waals surface area contributed by atoms with Crippen molar-refractivity contribution >= 4 is 16.0 Å². The molecule has 19 heavy (non-hydrogen) atoms. The molecule has 6 nitrogen and oxygen atoms in total. The number of ether oxygens (including phenoxy) is 1. The third-order valence-corrected chi connectivity index (χ3v) is 4.30. The minimum Gasteiger partial charge on any atom is -0.461 e. The smallest absolute Gasteiger partial charge is 0.354 e. The largest absolute Gasteiger partial charge is 0.461 e. The summed E-state index contributed by atoms with van der Waals surface area (Å²) in [6.45, 7) is 5.62. The van der Waals surface area contributed by atoms with Crippen molar-refractivity contribution in [3.8, 4) is 0 Å². The molecule has 1 heterocycles. The topological polar surface area (TPSA) is 77.4 Å². The van der Waals surface area contributed by atoms with E-state index in [1.165, 1.54) is 16.8 Å². The summed E-state index contributed by atoms with van der Waals surface area (Å²) in [5.41, 5.74) is 0.214. The molecule has 0 saturated heterocycles. The van der Waals surface area contributed by atoms with Crippen molar-refractivity contribution in [2.45, 2.75) is 38.1 Å². The van der Waals surface area contributed by atoms with Gasteiger partial charge in [-0.1, -0.05) is 6.92 Å². The van der Waals surface area contributed by atoms with Crippen molar-refractivity contribution in [2.24, 2.45) is 7.05 Å². The standard InChI is InChI=1S/C12H20N2O4S/c1-5-9(3)13-19(16,17)10-7-11(14(4)8-10)12(15)18-6-2/h7-9,13H,5-6H2,1-4H3/t9-/m1/s1. The van der Waals surface area contributed by atoms with E-state index in [0.717, 1.165) is 0 Å². The molecule has 1 N–H and O–H groups in total. The number of hydrogen-bond donors (Lipinski definition) is 1. The van der Waals surface area contributed by atoms with E-state index in [1.807, 2.05) is 6.92 Å². The van der Waals surface area contributed by atoms with E-state index in [2.05, 4.69) is 4.72 Å². The summed E-state index contributed by atoms with van der Waals surface area (Å²) in [6.07, 6.45) is 2.09. The summed E-state index contributed by atoms with van der Waals surface area (Å²) in [7, 11) is -1.99. The molecule has 1 atom stereocenters. The molecule has 0 spiro atoms. The van der Waals surface area contributed by atoms with Gasteiger partial charge >= 0.3 is 5.97 Å². The fourth-order valence-corrected chi connectivity index (χ4v) is 2.90. The van der Waals surface area contributed by atoms with Gasteiger partial charge in [0.15, 0.2) is 0 Å². The third-order valence-electron chi connectivity index (χ3n) is 2.74. The first-order valence-corrected chi connectivity index (χ1v) is 7.66. The number of nitrogens with zero attached hydrogens (tertiary/aromatic N) is 1. The van der Waals surface area contributed by atoms with E-state index in [4.69, 9.17) is 4.74 Å². The van der Waals surface area contributed by atoms with Gasteiger partial charge in [-0.3, -0.25) is 0 Å². The van der Waals surface area contributed by atoms with Crippen LogP contribution in [0.25, 0.3) is 0 Å². The van der Waals surface area contributed by atoms with Crippen molar-refractivity contribution in [1.82, 2.24) is 9.29 Å². The van der Waals surface area contributed by atoms with Gasteiger partial charge in [0.2, 0.25) is 10.0 Å². The molecule has 0 amide bonds. The average molecular weight is 288 g/mol. The zero-order chi connectivity index (χ0) is 14.6. The maximum atomic E-state index is 12.1. The predicted molar refractivity (Wildman–Crippen MR) is 71.4 cm³/mol. The molecule has 1 aromatic heterocycles. The SMILES string of the molecule is CCOC(=O)c1cc(S(=O)(=O)N[C@H](C)CC)cn1C. The van der Waals surface area contributed by atoms with Crippen LogP contribution in [-0.2, 0) is 21.8 Å². The molecule has 1 rings (SSSR count). The lowest BCUT2D eigenvalue weighted by atomic mass is 10.3. The summed E-state index contributed by atoms with van der Waals surface area (Å²) >= 11 is 0. The van der Waals surface area contributed by atoms with E-state index < -0.39 is 16.0 Å². The number of esters is 1. The average Bonchev–Trinajstić information content (AvgIpc) is 2.72. The van der Waals surface area contributed by atoms with Crippen LogP contribution in [-0.4, -0.2) is 31.6 Å². The van der Waals surface area contributed by atoms with Crippen molar-refractivity contribution in [1.29, 1.82) is 0 Å². The Morgan fingerprint density at radius 2 is 2.11 bits per heavy atom. The molecule has 7 heteroatoms. The van der Waals surface area contributed by atoms with E-state index in [9.17, 15) is 13.2 Å². The lowest BCUT2D eigenvalue weighted by Gasteiger charge is -2.10. The molecule has 0 aliphatic heterocycles. The van der Waals surface area contributed by atoms with Gasteiger partial charge < -0.3 is 9.30 Å². The molecule has 0 radical (unpaired) electrons. The Labute approximate surface area is 113 Å². The molecule has 0 aliphatic carbocycles. The minimum absolute atomic E-state index is 0.0679. The van der Waals surface area contributed by atoms with Crippen LogP contribution in [0, 0.1) is 0 Å². The summed E-state index contributed by atoms with van der Waals surface area (Å²) in [4.78, 5) is 11.7. The van der Waals surface area contributed by atoms with Crippen molar-refractivity contribution in [3.63, 3.8) is 0 Å². The monoisotopic (exact) mass is 288 g/mol. The number of aryl methyl sites for hydroxylation is 1. The number of nitrogens with one attached hydrogen (secondary N) is 1. The zero-order valence-electron chi connectivity index (χ0n) is 11.6. The van der Waals surface area contributed by atoms with Crippen LogP contribution in [0.1, 0.15) is 37.7 Å². The Kier molecular flexibility index (Phi) is 5.13. The molecule has 0 saturated carbocycles. The maximum absolute atomic E-state index is 12.1. The highest BCUT2D eigenvalue weighted by atomic mass is 32.2. The van der Waals surface area contributed by atoms with Gasteiger partial charge in [-0.15, -0.1) is 0 Å². The van der Waals surface area contributed by atoms with E-state index in [0.29, 0.717) is 6.42 Å². The highest BCUT2D eigenvalue weighted by Gasteiger charge is 2.22. The first-order valence-electron chi connectivity index (χ1n) is 6.17. The van der Waals surface area contributed by atoms with E-state index in [1.54, 1.807) is 20.9 Å². The normalized spacial score (nSPS) is 13.3. The number of sulfonamides is 1. The first kappa shape index (κ1) is 15.7. The molecule has 0 fully saturated rings. The second-order valence-electron chi connectivity index (χ2n) is 4.32. The van der Waals surface area contributed by atoms with Gasteiger partial charge in [0, 0.05) is 19.3 Å². The van der Waals surface area contributed by atoms with Crippen molar-refractivity contribution in [3.05, 3.63) is 18.0 Å². The van der Waals surface area contributed by atoms with Crippen LogP contribution in [0.5, 0.6) is 0 Å². The lowest BCUT2D eigenvalue weighted by Crippen LogP contribution is -2.31. The van der Waals surface area contributed by atoms with Gasteiger partial charge in [0.05, 0.1) is 6.61 Å². The summed E-state index contributed by atoms with van der Waals surface area (Å²) in [5, 5.41) is 0. The summed E-state index contributed by atoms with van der Waals surface area (Å²) in [5.74, 6) is -0.532. The lowest BCUT2D eigenvalue weighted by molar-refractivity contribution is 0.0515. The number of carbonyl (C=O) groups excluding carboxylic acids is 1. The predicted octanol–water partition coefficient (Wildman–Crippen LogP) is 1.28. The Bertz CT molecular complexity index is 548. The fraction of sp³-hybridized carbons (Fsp3) is 0.583. The Hall–Kier alpha value is -1.34. The van der Waals surface area contributed by atoms with Gasteiger partial charge in [-0.2, -0.15) is 0 Å². The first-order chi connectivity index (χ1) is 8.81. The summed E-state index contributed by atoms with van der Waals surface area (Å²) in [6, 6.07) is 1.17. The van der Waals surface area contributed by atoms with Gasteiger partial charge in [-0.05, 0) is 26.3 Å². The Balaban J connectivity index is 3.03. The van der Waals surface area contributed by atoms with Crippen LogP contribution in [0.3, 0.4) is 0 Å². The molecular weight excluding hydrogens is 268 g/mol. The van der Waals surface area contributed by atoms with Gasteiger partial charge in [-0.25, -0.2) is 17.9 Å². The second-order valence-corrected chi connectivity index (χ2v) is 6.04. The maximum Gasteiger partial charge on any atom is 0.354 e. The number of rotatable bonds is 6. The van der Waals surface area contributed by atoms with Crippen LogP contribution in [0.15, 0.2) is 17.2 Å². The molecule has 0 aromatic carbocycles. The van der Waals surface area contributed by atoms with Crippen molar-refractivity contribution < 1.29 is 17.9 Å². The minimum atomic E-state index is -3.60.